The van der Waals surface area contributed by atoms with Crippen LogP contribution in [0.5, 0.6) is 17.4 Å². The smallest absolute Gasteiger partial charge is 0.335 e. The van der Waals surface area contributed by atoms with Crippen molar-refractivity contribution in [1.82, 2.24) is 4.98 Å². The molecule has 0 aliphatic carbocycles. The molecular formula is C14H10N2O4. The highest BCUT2D eigenvalue weighted by Gasteiger charge is 2.11. The number of carboxylic acid groups (broad SMARTS) is 1. The van der Waals surface area contributed by atoms with Gasteiger partial charge in [0.15, 0.2) is 11.5 Å². The summed E-state index contributed by atoms with van der Waals surface area (Å²) < 4.78 is 10.6. The molecule has 0 spiro atoms. The van der Waals surface area contributed by atoms with E-state index in [2.05, 4.69) is 4.98 Å². The Morgan fingerprint density at radius 3 is 2.75 bits per heavy atom. The minimum Gasteiger partial charge on any atom is -0.493 e. The average molecular weight is 270 g/mol. The molecule has 0 saturated carbocycles. The SMILES string of the molecule is COc1cc(C(=O)O)ccc1Oc1cc(C#N)ccn1. The first-order chi connectivity index (χ1) is 9.63. The van der Waals surface area contributed by atoms with Crippen molar-refractivity contribution in [2.75, 3.05) is 7.11 Å². The molecule has 100 valence electrons. The fourth-order valence-corrected chi connectivity index (χ4v) is 1.53. The van der Waals surface area contributed by atoms with Gasteiger partial charge in [-0.2, -0.15) is 5.26 Å². The predicted octanol–water partition coefficient (Wildman–Crippen LogP) is 2.45. The average Bonchev–Trinajstić information content (AvgIpc) is 2.47. The molecule has 0 unspecified atom stereocenters. The number of carboxylic acids is 1. The summed E-state index contributed by atoms with van der Waals surface area (Å²) in [6.45, 7) is 0. The maximum absolute atomic E-state index is 10.9. The molecule has 0 bridgehead atoms. The van der Waals surface area contributed by atoms with E-state index in [9.17, 15) is 4.79 Å². The number of aromatic carboxylic acids is 1. The van der Waals surface area contributed by atoms with Crippen LogP contribution in [0.1, 0.15) is 15.9 Å². The molecule has 0 fully saturated rings. The number of hydrogen-bond acceptors (Lipinski definition) is 5. The number of hydrogen-bond donors (Lipinski definition) is 1. The van der Waals surface area contributed by atoms with Gasteiger partial charge in [0.25, 0.3) is 0 Å². The van der Waals surface area contributed by atoms with Crippen LogP contribution in [-0.4, -0.2) is 23.2 Å². The molecule has 1 N–H and O–H groups in total. The predicted molar refractivity (Wildman–Crippen MR) is 69.0 cm³/mol. The van der Waals surface area contributed by atoms with Gasteiger partial charge in [-0.25, -0.2) is 9.78 Å². The van der Waals surface area contributed by atoms with Crippen LogP contribution in [0.4, 0.5) is 0 Å². The lowest BCUT2D eigenvalue weighted by Crippen LogP contribution is -1.98. The van der Waals surface area contributed by atoms with E-state index in [0.717, 1.165) is 0 Å². The first-order valence-corrected chi connectivity index (χ1v) is 5.59. The third-order valence-electron chi connectivity index (χ3n) is 2.49. The van der Waals surface area contributed by atoms with E-state index >= 15 is 0 Å². The van der Waals surface area contributed by atoms with Crippen molar-refractivity contribution >= 4 is 5.97 Å². The maximum atomic E-state index is 10.9. The van der Waals surface area contributed by atoms with E-state index in [1.54, 1.807) is 6.07 Å². The van der Waals surface area contributed by atoms with Gasteiger partial charge in [-0.3, -0.25) is 0 Å². The highest BCUT2D eigenvalue weighted by molar-refractivity contribution is 5.88. The van der Waals surface area contributed by atoms with Crippen molar-refractivity contribution in [3.63, 3.8) is 0 Å². The maximum Gasteiger partial charge on any atom is 0.335 e. The lowest BCUT2D eigenvalue weighted by atomic mass is 10.2. The fourth-order valence-electron chi connectivity index (χ4n) is 1.53. The number of carbonyl (C=O) groups is 1. The van der Waals surface area contributed by atoms with Crippen LogP contribution < -0.4 is 9.47 Å². The van der Waals surface area contributed by atoms with Gasteiger partial charge < -0.3 is 14.6 Å². The second kappa shape index (κ2) is 5.71. The summed E-state index contributed by atoms with van der Waals surface area (Å²) in [5, 5.41) is 17.7. The topological polar surface area (TPSA) is 92.4 Å². The summed E-state index contributed by atoms with van der Waals surface area (Å²) >= 11 is 0. The zero-order valence-electron chi connectivity index (χ0n) is 10.5. The summed E-state index contributed by atoms with van der Waals surface area (Å²) in [5.41, 5.74) is 0.504. The van der Waals surface area contributed by atoms with Crippen LogP contribution in [0, 0.1) is 11.3 Å². The molecule has 1 aromatic carbocycles. The van der Waals surface area contributed by atoms with Crippen LogP contribution in [0.25, 0.3) is 0 Å². The molecular weight excluding hydrogens is 260 g/mol. The van der Waals surface area contributed by atoms with Gasteiger partial charge in [0, 0.05) is 12.3 Å². The second-order valence-electron chi connectivity index (χ2n) is 3.77. The molecule has 6 nitrogen and oxygen atoms in total. The molecule has 0 radical (unpaired) electrons. The lowest BCUT2D eigenvalue weighted by molar-refractivity contribution is 0.0696. The van der Waals surface area contributed by atoms with Gasteiger partial charge >= 0.3 is 5.97 Å². The van der Waals surface area contributed by atoms with Crippen molar-refractivity contribution in [2.45, 2.75) is 0 Å². The van der Waals surface area contributed by atoms with Crippen LogP contribution in [0.15, 0.2) is 36.5 Å². The Balaban J connectivity index is 2.33. The Labute approximate surface area is 114 Å². The molecule has 20 heavy (non-hydrogen) atoms. The van der Waals surface area contributed by atoms with E-state index in [4.69, 9.17) is 19.8 Å². The third-order valence-corrected chi connectivity index (χ3v) is 2.49. The Kier molecular flexibility index (Phi) is 3.82. The summed E-state index contributed by atoms with van der Waals surface area (Å²) in [6, 6.07) is 9.23. The number of ether oxygens (including phenoxy) is 2. The summed E-state index contributed by atoms with van der Waals surface area (Å²) in [5.74, 6) is -0.237. The van der Waals surface area contributed by atoms with Crippen LogP contribution in [0.3, 0.4) is 0 Å². The molecule has 6 heteroatoms. The Bertz CT molecular complexity index is 692. The molecule has 0 atom stereocenters. The van der Waals surface area contributed by atoms with Crippen molar-refractivity contribution in [2.24, 2.45) is 0 Å². The van der Waals surface area contributed by atoms with E-state index in [1.807, 2.05) is 6.07 Å². The highest BCUT2D eigenvalue weighted by atomic mass is 16.5. The highest BCUT2D eigenvalue weighted by Crippen LogP contribution is 2.31. The standard InChI is InChI=1S/C14H10N2O4/c1-19-12-7-10(14(17)18)2-3-11(12)20-13-6-9(8-15)4-5-16-13/h2-7H,1H3,(H,17,18). The van der Waals surface area contributed by atoms with Crippen molar-refractivity contribution in [1.29, 1.82) is 5.26 Å². The van der Waals surface area contributed by atoms with Crippen molar-refractivity contribution in [3.8, 4) is 23.4 Å². The van der Waals surface area contributed by atoms with Gasteiger partial charge in [-0.1, -0.05) is 0 Å². The zero-order valence-corrected chi connectivity index (χ0v) is 10.5. The minimum absolute atomic E-state index is 0.0907. The molecule has 2 rings (SSSR count). The number of rotatable bonds is 4. The quantitative estimate of drug-likeness (QED) is 0.917. The molecule has 0 saturated heterocycles. The Hall–Kier alpha value is -3.07. The van der Waals surface area contributed by atoms with E-state index in [-0.39, 0.29) is 17.2 Å². The van der Waals surface area contributed by atoms with Crippen LogP contribution >= 0.6 is 0 Å². The van der Waals surface area contributed by atoms with E-state index in [0.29, 0.717) is 11.3 Å². The van der Waals surface area contributed by atoms with Gasteiger partial charge in [0.05, 0.1) is 24.3 Å². The summed E-state index contributed by atoms with van der Waals surface area (Å²) in [6.07, 6.45) is 1.45. The molecule has 0 aliphatic heterocycles. The fraction of sp³-hybridized carbons (Fsp3) is 0.0714. The summed E-state index contributed by atoms with van der Waals surface area (Å²) in [7, 11) is 1.41. The van der Waals surface area contributed by atoms with Crippen molar-refractivity contribution in [3.05, 3.63) is 47.7 Å². The number of pyridine rings is 1. The molecule has 2 aromatic rings. The largest absolute Gasteiger partial charge is 0.493 e. The van der Waals surface area contributed by atoms with Crippen LogP contribution in [-0.2, 0) is 0 Å². The second-order valence-corrected chi connectivity index (χ2v) is 3.77. The molecule has 0 aliphatic rings. The van der Waals surface area contributed by atoms with Gasteiger partial charge in [0.2, 0.25) is 5.88 Å². The van der Waals surface area contributed by atoms with E-state index in [1.165, 1.54) is 37.6 Å². The Morgan fingerprint density at radius 2 is 2.10 bits per heavy atom. The minimum atomic E-state index is -1.06. The molecule has 1 heterocycles. The Morgan fingerprint density at radius 1 is 1.30 bits per heavy atom. The van der Waals surface area contributed by atoms with Crippen LogP contribution in [0.2, 0.25) is 0 Å². The summed E-state index contributed by atoms with van der Waals surface area (Å²) in [4.78, 5) is 14.8. The normalized spacial score (nSPS) is 9.60. The van der Waals surface area contributed by atoms with Gasteiger partial charge in [-0.05, 0) is 24.3 Å². The first kappa shape index (κ1) is 13.4. The number of nitriles is 1. The number of nitrogens with zero attached hydrogens (tertiary/aromatic N) is 2. The lowest BCUT2D eigenvalue weighted by Gasteiger charge is -2.10. The van der Waals surface area contributed by atoms with E-state index < -0.39 is 5.97 Å². The number of benzene rings is 1. The first-order valence-electron chi connectivity index (χ1n) is 5.59. The molecule has 1 aromatic heterocycles. The van der Waals surface area contributed by atoms with Gasteiger partial charge in [0.1, 0.15) is 0 Å². The number of methoxy groups -OCH3 is 1. The number of aromatic nitrogens is 1. The zero-order chi connectivity index (χ0) is 14.5. The third kappa shape index (κ3) is 2.84. The van der Waals surface area contributed by atoms with Gasteiger partial charge in [-0.15, -0.1) is 0 Å². The monoisotopic (exact) mass is 270 g/mol. The van der Waals surface area contributed by atoms with Crippen molar-refractivity contribution < 1.29 is 19.4 Å². The molecule has 0 amide bonds.